The van der Waals surface area contributed by atoms with Crippen LogP contribution in [0.1, 0.15) is 50.2 Å². The highest BCUT2D eigenvalue weighted by molar-refractivity contribution is 5.71. The SMILES string of the molecule is CCOC(=O)CC1(NC)CCC(C)c2ccccc21. The number of nitrogens with one attached hydrogen (secondary N) is 1. The molecule has 0 bridgehead atoms. The average molecular weight is 261 g/mol. The van der Waals surface area contributed by atoms with Crippen LogP contribution in [0.4, 0.5) is 0 Å². The lowest BCUT2D eigenvalue weighted by Crippen LogP contribution is -2.45. The van der Waals surface area contributed by atoms with E-state index in [0.717, 1.165) is 12.8 Å². The Bertz CT molecular complexity index is 458. The fraction of sp³-hybridized carbons (Fsp3) is 0.562. The van der Waals surface area contributed by atoms with Crippen LogP contribution in [-0.4, -0.2) is 19.6 Å². The molecule has 1 aliphatic rings. The van der Waals surface area contributed by atoms with E-state index in [1.54, 1.807) is 0 Å². The predicted octanol–water partition coefficient (Wildman–Crippen LogP) is 2.95. The molecule has 2 rings (SSSR count). The molecule has 0 radical (unpaired) electrons. The van der Waals surface area contributed by atoms with Crippen molar-refractivity contribution in [2.45, 2.75) is 44.6 Å². The summed E-state index contributed by atoms with van der Waals surface area (Å²) in [5, 5.41) is 3.38. The van der Waals surface area contributed by atoms with Crippen LogP contribution in [0, 0.1) is 0 Å². The van der Waals surface area contributed by atoms with E-state index in [0.29, 0.717) is 18.9 Å². The molecule has 0 amide bonds. The smallest absolute Gasteiger partial charge is 0.308 e. The lowest BCUT2D eigenvalue weighted by Gasteiger charge is -2.40. The third-order valence-electron chi connectivity index (χ3n) is 4.24. The molecule has 1 aliphatic carbocycles. The quantitative estimate of drug-likeness (QED) is 0.847. The first kappa shape index (κ1) is 14.1. The number of fused-ring (bicyclic) bond motifs is 1. The van der Waals surface area contributed by atoms with Gasteiger partial charge >= 0.3 is 5.97 Å². The van der Waals surface area contributed by atoms with Crippen molar-refractivity contribution in [2.75, 3.05) is 13.7 Å². The molecule has 0 aromatic heterocycles. The summed E-state index contributed by atoms with van der Waals surface area (Å²) in [6, 6.07) is 8.44. The van der Waals surface area contributed by atoms with Gasteiger partial charge in [-0.1, -0.05) is 31.2 Å². The van der Waals surface area contributed by atoms with Gasteiger partial charge in [-0.3, -0.25) is 4.79 Å². The molecule has 2 atom stereocenters. The van der Waals surface area contributed by atoms with Crippen molar-refractivity contribution < 1.29 is 9.53 Å². The van der Waals surface area contributed by atoms with Crippen LogP contribution in [0.15, 0.2) is 24.3 Å². The van der Waals surface area contributed by atoms with E-state index >= 15 is 0 Å². The standard InChI is InChI=1S/C16H23NO2/c1-4-19-15(18)11-16(17-3)10-9-12(2)13-7-5-6-8-14(13)16/h5-8,12,17H,4,9-11H2,1-3H3. The molecule has 0 aliphatic heterocycles. The number of ether oxygens (including phenoxy) is 1. The highest BCUT2D eigenvalue weighted by atomic mass is 16.5. The van der Waals surface area contributed by atoms with Gasteiger partial charge in [-0.25, -0.2) is 0 Å². The largest absolute Gasteiger partial charge is 0.466 e. The minimum absolute atomic E-state index is 0.124. The Kier molecular flexibility index (Phi) is 4.25. The van der Waals surface area contributed by atoms with Crippen molar-refractivity contribution in [3.05, 3.63) is 35.4 Å². The molecular weight excluding hydrogens is 238 g/mol. The van der Waals surface area contributed by atoms with Gasteiger partial charge in [-0.05, 0) is 43.9 Å². The monoisotopic (exact) mass is 261 g/mol. The van der Waals surface area contributed by atoms with Crippen LogP contribution in [0.3, 0.4) is 0 Å². The van der Waals surface area contributed by atoms with Crippen molar-refractivity contribution in [3.63, 3.8) is 0 Å². The lowest BCUT2D eigenvalue weighted by molar-refractivity contribution is -0.145. The third-order valence-corrected chi connectivity index (χ3v) is 4.24. The zero-order valence-corrected chi connectivity index (χ0v) is 12.0. The van der Waals surface area contributed by atoms with Gasteiger partial charge in [0.15, 0.2) is 0 Å². The summed E-state index contributed by atoms with van der Waals surface area (Å²) >= 11 is 0. The molecule has 1 aromatic carbocycles. The van der Waals surface area contributed by atoms with E-state index in [1.165, 1.54) is 11.1 Å². The van der Waals surface area contributed by atoms with Crippen LogP contribution >= 0.6 is 0 Å². The summed E-state index contributed by atoms with van der Waals surface area (Å²) in [4.78, 5) is 11.9. The Morgan fingerprint density at radius 1 is 1.47 bits per heavy atom. The first-order valence-electron chi connectivity index (χ1n) is 7.07. The first-order chi connectivity index (χ1) is 9.13. The maximum Gasteiger partial charge on any atom is 0.308 e. The van der Waals surface area contributed by atoms with Crippen molar-refractivity contribution in [3.8, 4) is 0 Å². The molecule has 3 heteroatoms. The van der Waals surface area contributed by atoms with Gasteiger partial charge in [-0.15, -0.1) is 0 Å². The maximum absolute atomic E-state index is 11.9. The van der Waals surface area contributed by atoms with E-state index in [2.05, 4.69) is 30.4 Å². The fourth-order valence-electron chi connectivity index (χ4n) is 3.11. The molecule has 104 valence electrons. The Morgan fingerprint density at radius 3 is 2.89 bits per heavy atom. The van der Waals surface area contributed by atoms with Crippen LogP contribution in [0.25, 0.3) is 0 Å². The minimum atomic E-state index is -0.268. The van der Waals surface area contributed by atoms with E-state index in [1.807, 2.05) is 20.0 Å². The number of esters is 1. The molecule has 0 fully saturated rings. The van der Waals surface area contributed by atoms with Crippen molar-refractivity contribution in [1.82, 2.24) is 5.32 Å². The highest BCUT2D eigenvalue weighted by Crippen LogP contribution is 2.43. The second-order valence-electron chi connectivity index (χ2n) is 5.34. The minimum Gasteiger partial charge on any atom is -0.466 e. The van der Waals surface area contributed by atoms with E-state index in [9.17, 15) is 4.79 Å². The number of rotatable bonds is 4. The molecular formula is C16H23NO2. The molecule has 0 spiro atoms. The van der Waals surface area contributed by atoms with Gasteiger partial charge in [0.2, 0.25) is 0 Å². The van der Waals surface area contributed by atoms with Gasteiger partial charge < -0.3 is 10.1 Å². The highest BCUT2D eigenvalue weighted by Gasteiger charge is 2.39. The number of carbonyl (C=O) groups is 1. The van der Waals surface area contributed by atoms with Crippen LogP contribution in [0.5, 0.6) is 0 Å². The molecule has 0 heterocycles. The Balaban J connectivity index is 2.36. The van der Waals surface area contributed by atoms with Crippen LogP contribution in [0.2, 0.25) is 0 Å². The van der Waals surface area contributed by atoms with E-state index in [4.69, 9.17) is 4.74 Å². The number of benzene rings is 1. The summed E-state index contributed by atoms with van der Waals surface area (Å²) in [5.74, 6) is 0.432. The number of hydrogen-bond donors (Lipinski definition) is 1. The molecule has 0 saturated heterocycles. The van der Waals surface area contributed by atoms with E-state index < -0.39 is 0 Å². The summed E-state index contributed by atoms with van der Waals surface area (Å²) in [6.45, 7) is 4.54. The molecule has 1 N–H and O–H groups in total. The first-order valence-corrected chi connectivity index (χ1v) is 7.07. The molecule has 3 nitrogen and oxygen atoms in total. The zero-order valence-electron chi connectivity index (χ0n) is 12.0. The van der Waals surface area contributed by atoms with Gasteiger partial charge in [-0.2, -0.15) is 0 Å². The van der Waals surface area contributed by atoms with Crippen molar-refractivity contribution in [2.24, 2.45) is 0 Å². The molecule has 1 aromatic rings. The summed E-state index contributed by atoms with van der Waals surface area (Å²) in [5.41, 5.74) is 2.34. The Morgan fingerprint density at radius 2 is 2.21 bits per heavy atom. The Hall–Kier alpha value is -1.35. The van der Waals surface area contributed by atoms with Crippen molar-refractivity contribution >= 4 is 5.97 Å². The molecule has 19 heavy (non-hydrogen) atoms. The van der Waals surface area contributed by atoms with Gasteiger partial charge in [0.25, 0.3) is 0 Å². The number of carbonyl (C=O) groups excluding carboxylic acids is 1. The average Bonchev–Trinajstić information content (AvgIpc) is 2.43. The summed E-state index contributed by atoms with van der Waals surface area (Å²) < 4.78 is 5.13. The number of hydrogen-bond acceptors (Lipinski definition) is 3. The molecule has 2 unspecified atom stereocenters. The maximum atomic E-state index is 11.9. The molecule has 0 saturated carbocycles. The fourth-order valence-corrected chi connectivity index (χ4v) is 3.11. The van der Waals surface area contributed by atoms with Crippen LogP contribution in [-0.2, 0) is 15.1 Å². The predicted molar refractivity (Wildman–Crippen MR) is 76.1 cm³/mol. The third kappa shape index (κ3) is 2.66. The van der Waals surface area contributed by atoms with Gasteiger partial charge in [0.05, 0.1) is 18.6 Å². The zero-order chi connectivity index (χ0) is 13.9. The van der Waals surface area contributed by atoms with Crippen LogP contribution < -0.4 is 5.32 Å². The van der Waals surface area contributed by atoms with Gasteiger partial charge in [0.1, 0.15) is 0 Å². The summed E-state index contributed by atoms with van der Waals surface area (Å²) in [6.07, 6.45) is 2.47. The van der Waals surface area contributed by atoms with E-state index in [-0.39, 0.29) is 11.5 Å². The summed E-state index contributed by atoms with van der Waals surface area (Å²) in [7, 11) is 1.94. The lowest BCUT2D eigenvalue weighted by atomic mass is 9.71. The Labute approximate surface area is 115 Å². The second kappa shape index (κ2) is 5.74. The normalized spacial score (nSPS) is 25.7. The topological polar surface area (TPSA) is 38.3 Å². The second-order valence-corrected chi connectivity index (χ2v) is 5.34. The van der Waals surface area contributed by atoms with Crippen molar-refractivity contribution in [1.29, 1.82) is 0 Å². The van der Waals surface area contributed by atoms with Gasteiger partial charge in [0, 0.05) is 0 Å².